The molecule has 3 aliphatic rings. The van der Waals surface area contributed by atoms with Gasteiger partial charge in [-0.3, -0.25) is 4.90 Å². The average Bonchev–Trinajstić information content (AvgIpc) is 3.55. The number of piperazine rings is 1. The lowest BCUT2D eigenvalue weighted by atomic mass is 9.88. The SMILES string of the molecule is CC(C)(C)OC(=O)N1C2CC1CN(c1nc3c(C(=O)Oc4c(Cl)cc(Cl)cc4Cl)ccc(-c4nccs4)n3n1)C2. The van der Waals surface area contributed by atoms with Gasteiger partial charge < -0.3 is 14.4 Å². The first-order valence-corrected chi connectivity index (χ1v) is 14.4. The normalized spacial score (nSPS) is 18.6. The molecule has 0 spiro atoms. The maximum atomic E-state index is 13.4. The Morgan fingerprint density at radius 1 is 1.07 bits per heavy atom. The van der Waals surface area contributed by atoms with Crippen LogP contribution in [0.3, 0.4) is 0 Å². The van der Waals surface area contributed by atoms with Gasteiger partial charge in [-0.1, -0.05) is 34.8 Å². The number of carbonyl (C=O) groups is 2. The summed E-state index contributed by atoms with van der Waals surface area (Å²) >= 11 is 19.9. The highest BCUT2D eigenvalue weighted by molar-refractivity contribution is 7.13. The minimum atomic E-state index is -0.710. The molecule has 6 heterocycles. The molecule has 2 atom stereocenters. The van der Waals surface area contributed by atoms with Gasteiger partial charge in [0.05, 0.1) is 22.1 Å². The summed E-state index contributed by atoms with van der Waals surface area (Å²) in [5.74, 6) is -0.282. The topological polar surface area (TPSA) is 102 Å². The van der Waals surface area contributed by atoms with E-state index < -0.39 is 11.6 Å². The summed E-state index contributed by atoms with van der Waals surface area (Å²) in [5, 5.41) is 7.85. The van der Waals surface area contributed by atoms with Crippen molar-refractivity contribution in [3.8, 4) is 16.5 Å². The van der Waals surface area contributed by atoms with Gasteiger partial charge in [0.25, 0.3) is 0 Å². The summed E-state index contributed by atoms with van der Waals surface area (Å²) in [4.78, 5) is 39.0. The van der Waals surface area contributed by atoms with Crippen LogP contribution >= 0.6 is 46.1 Å². The number of amides is 1. The van der Waals surface area contributed by atoms with E-state index in [0.717, 1.165) is 6.42 Å². The molecular weight excluding hydrogens is 599 g/mol. The Morgan fingerprint density at radius 2 is 1.77 bits per heavy atom. The maximum Gasteiger partial charge on any atom is 0.410 e. The van der Waals surface area contributed by atoms with Crippen LogP contribution in [-0.2, 0) is 4.74 Å². The van der Waals surface area contributed by atoms with Crippen molar-refractivity contribution in [2.24, 2.45) is 0 Å². The number of anilines is 1. The van der Waals surface area contributed by atoms with Crippen molar-refractivity contribution in [3.63, 3.8) is 0 Å². The van der Waals surface area contributed by atoms with Crippen LogP contribution in [-0.4, -0.2) is 67.3 Å². The van der Waals surface area contributed by atoms with E-state index in [1.54, 1.807) is 27.7 Å². The number of aromatic nitrogens is 4. The van der Waals surface area contributed by atoms with Gasteiger partial charge in [0.15, 0.2) is 11.4 Å². The number of rotatable bonds is 4. The molecule has 3 fully saturated rings. The quantitative estimate of drug-likeness (QED) is 0.195. The molecule has 1 amide bonds. The second-order valence-corrected chi connectivity index (χ2v) is 12.7. The average molecular weight is 622 g/mol. The van der Waals surface area contributed by atoms with Crippen LogP contribution in [0.5, 0.6) is 5.75 Å². The number of benzene rings is 1. The van der Waals surface area contributed by atoms with E-state index in [1.807, 2.05) is 31.1 Å². The van der Waals surface area contributed by atoms with Gasteiger partial charge in [0.1, 0.15) is 21.9 Å². The lowest BCUT2D eigenvalue weighted by Gasteiger charge is -2.55. The van der Waals surface area contributed by atoms with Crippen molar-refractivity contribution in [1.82, 2.24) is 24.5 Å². The van der Waals surface area contributed by atoms with E-state index in [4.69, 9.17) is 54.4 Å². The number of carbonyl (C=O) groups excluding carboxylic acids is 2. The van der Waals surface area contributed by atoms with Crippen LogP contribution in [0.2, 0.25) is 15.1 Å². The Hall–Kier alpha value is -3.12. The van der Waals surface area contributed by atoms with Crippen molar-refractivity contribution in [2.45, 2.75) is 44.9 Å². The van der Waals surface area contributed by atoms with Crippen LogP contribution in [0, 0.1) is 0 Å². The predicted molar refractivity (Wildman–Crippen MR) is 153 cm³/mol. The first-order chi connectivity index (χ1) is 19.0. The summed E-state index contributed by atoms with van der Waals surface area (Å²) in [5.41, 5.74) is 0.554. The number of pyridine rings is 1. The van der Waals surface area contributed by atoms with Crippen LogP contribution in [0.4, 0.5) is 10.7 Å². The largest absolute Gasteiger partial charge is 0.444 e. The second kappa shape index (κ2) is 10.1. The van der Waals surface area contributed by atoms with Crippen molar-refractivity contribution >= 4 is 69.8 Å². The van der Waals surface area contributed by atoms with Crippen molar-refractivity contribution in [2.75, 3.05) is 18.0 Å². The van der Waals surface area contributed by atoms with Gasteiger partial charge in [0.2, 0.25) is 5.95 Å². The highest BCUT2D eigenvalue weighted by Gasteiger charge is 2.49. The highest BCUT2D eigenvalue weighted by atomic mass is 35.5. The molecule has 1 aromatic carbocycles. The van der Waals surface area contributed by atoms with E-state index in [2.05, 4.69) is 4.98 Å². The predicted octanol–water partition coefficient (Wildman–Crippen LogP) is 6.23. The monoisotopic (exact) mass is 620 g/mol. The molecule has 0 aliphatic carbocycles. The van der Waals surface area contributed by atoms with Crippen LogP contribution in [0.25, 0.3) is 16.3 Å². The fraction of sp³-hybridized carbons (Fsp3) is 0.346. The fourth-order valence-electron chi connectivity index (χ4n) is 4.92. The zero-order valence-electron chi connectivity index (χ0n) is 21.6. The smallest absolute Gasteiger partial charge is 0.410 e. The minimum absolute atomic E-state index is 0.00188. The maximum absolute atomic E-state index is 13.4. The Bertz CT molecular complexity index is 1600. The number of halogens is 3. The number of hydrogen-bond acceptors (Lipinski definition) is 9. The summed E-state index contributed by atoms with van der Waals surface area (Å²) in [6, 6.07) is 6.20. The molecule has 14 heteroatoms. The Morgan fingerprint density at radius 3 is 2.40 bits per heavy atom. The number of nitrogens with zero attached hydrogens (tertiary/aromatic N) is 6. The summed E-state index contributed by atoms with van der Waals surface area (Å²) in [6.45, 7) is 6.63. The first kappa shape index (κ1) is 27.1. The number of esters is 1. The Kier molecular flexibility index (Phi) is 6.81. The van der Waals surface area contributed by atoms with Crippen molar-refractivity contribution < 1.29 is 19.1 Å². The molecule has 3 aromatic heterocycles. The Labute approximate surface area is 248 Å². The van der Waals surface area contributed by atoms with Gasteiger partial charge in [-0.05, 0) is 51.5 Å². The van der Waals surface area contributed by atoms with E-state index in [9.17, 15) is 9.59 Å². The van der Waals surface area contributed by atoms with Gasteiger partial charge in [0, 0.05) is 29.7 Å². The molecule has 208 valence electrons. The second-order valence-electron chi connectivity index (χ2n) is 10.5. The number of fused-ring (bicyclic) bond motifs is 3. The number of hydrogen-bond donors (Lipinski definition) is 0. The van der Waals surface area contributed by atoms with E-state index in [-0.39, 0.29) is 45.2 Å². The summed E-state index contributed by atoms with van der Waals surface area (Å²) in [6.07, 6.45) is 2.26. The molecule has 0 radical (unpaired) electrons. The standard InChI is InChI=1S/C26H23Cl3N6O4S/c1-26(2,3)39-25(37)34-14-10-15(34)12-33(11-14)24-31-21-16(4-5-19(35(21)32-24)22-30-6-7-40-22)23(36)38-20-17(28)8-13(27)9-18(20)29/h4-9,14-15H,10-12H2,1-3H3. The number of ether oxygens (including phenoxy) is 2. The van der Waals surface area contributed by atoms with Gasteiger partial charge in [-0.2, -0.15) is 4.98 Å². The zero-order chi connectivity index (χ0) is 28.3. The summed E-state index contributed by atoms with van der Waals surface area (Å²) < 4.78 is 12.8. The highest BCUT2D eigenvalue weighted by Crippen LogP contribution is 2.38. The first-order valence-electron chi connectivity index (χ1n) is 12.4. The molecule has 2 unspecified atom stereocenters. The van der Waals surface area contributed by atoms with E-state index in [1.165, 1.54) is 23.5 Å². The fourth-order valence-corrected chi connectivity index (χ4v) is 6.46. The lowest BCUT2D eigenvalue weighted by Crippen LogP contribution is -2.70. The van der Waals surface area contributed by atoms with Crippen molar-refractivity contribution in [1.29, 1.82) is 0 Å². The molecule has 3 saturated heterocycles. The van der Waals surface area contributed by atoms with Gasteiger partial charge in [-0.15, -0.1) is 16.4 Å². The molecule has 0 saturated carbocycles. The van der Waals surface area contributed by atoms with Crippen LogP contribution in [0.15, 0.2) is 35.8 Å². The van der Waals surface area contributed by atoms with Crippen molar-refractivity contribution in [3.05, 3.63) is 56.5 Å². The third-order valence-corrected chi connectivity index (χ3v) is 8.16. The minimum Gasteiger partial charge on any atom is -0.444 e. The molecular formula is C26H23Cl3N6O4S. The molecule has 40 heavy (non-hydrogen) atoms. The molecule has 4 aromatic rings. The molecule has 10 nitrogen and oxygen atoms in total. The summed E-state index contributed by atoms with van der Waals surface area (Å²) in [7, 11) is 0. The van der Waals surface area contributed by atoms with Crippen LogP contribution < -0.4 is 9.64 Å². The zero-order valence-corrected chi connectivity index (χ0v) is 24.7. The molecule has 0 N–H and O–H groups in total. The molecule has 3 aliphatic heterocycles. The number of piperidine rings is 1. The van der Waals surface area contributed by atoms with Crippen LogP contribution in [0.1, 0.15) is 37.6 Å². The number of thiazole rings is 1. The van der Waals surface area contributed by atoms with E-state index >= 15 is 0 Å². The third-order valence-electron chi connectivity index (χ3n) is 6.58. The molecule has 2 bridgehead atoms. The van der Waals surface area contributed by atoms with E-state index in [0.29, 0.717) is 34.8 Å². The lowest BCUT2D eigenvalue weighted by molar-refractivity contribution is -0.0381. The third kappa shape index (κ3) is 4.96. The molecule has 7 rings (SSSR count). The Balaban J connectivity index is 1.33. The van der Waals surface area contributed by atoms with Gasteiger partial charge in [-0.25, -0.2) is 19.1 Å². The van der Waals surface area contributed by atoms with Gasteiger partial charge >= 0.3 is 12.1 Å².